The molecule has 2 aromatic rings. The van der Waals surface area contributed by atoms with E-state index in [2.05, 4.69) is 23.1 Å². The molecule has 0 amide bonds. The summed E-state index contributed by atoms with van der Waals surface area (Å²) in [6, 6.07) is 7.96. The third kappa shape index (κ3) is 4.05. The SMILES string of the molecule is CCCn1ncnc1CC(CN)Cc1cccc(Cl)c1. The van der Waals surface area contributed by atoms with Gasteiger partial charge in [-0.1, -0.05) is 30.7 Å². The van der Waals surface area contributed by atoms with E-state index < -0.39 is 0 Å². The first-order valence-electron chi connectivity index (χ1n) is 7.04. The Morgan fingerprint density at radius 1 is 1.35 bits per heavy atom. The van der Waals surface area contributed by atoms with E-state index in [-0.39, 0.29) is 0 Å². The van der Waals surface area contributed by atoms with E-state index in [9.17, 15) is 0 Å². The van der Waals surface area contributed by atoms with Gasteiger partial charge in [-0.05, 0) is 43.0 Å². The van der Waals surface area contributed by atoms with E-state index >= 15 is 0 Å². The fourth-order valence-corrected chi connectivity index (χ4v) is 2.55. The highest BCUT2D eigenvalue weighted by atomic mass is 35.5. The average molecular weight is 293 g/mol. The molecule has 0 aliphatic rings. The van der Waals surface area contributed by atoms with Crippen LogP contribution in [0.5, 0.6) is 0 Å². The quantitative estimate of drug-likeness (QED) is 0.853. The Labute approximate surface area is 125 Å². The molecule has 0 spiro atoms. The molecule has 1 heterocycles. The standard InChI is InChI=1S/C15H21ClN4/c1-2-6-20-15(18-11-19-20)9-13(10-17)7-12-4-3-5-14(16)8-12/h3-5,8,11,13H,2,6-7,9-10,17H2,1H3. The van der Waals surface area contributed by atoms with Gasteiger partial charge in [0.25, 0.3) is 0 Å². The summed E-state index contributed by atoms with van der Waals surface area (Å²) in [6.07, 6.45) is 4.44. The summed E-state index contributed by atoms with van der Waals surface area (Å²) in [5.74, 6) is 1.37. The number of nitrogens with zero attached hydrogens (tertiary/aromatic N) is 3. The van der Waals surface area contributed by atoms with Gasteiger partial charge in [0.2, 0.25) is 0 Å². The lowest BCUT2D eigenvalue weighted by atomic mass is 9.96. The normalized spacial score (nSPS) is 12.6. The van der Waals surface area contributed by atoms with Crippen molar-refractivity contribution in [1.29, 1.82) is 0 Å². The molecule has 1 aromatic carbocycles. The molecular weight excluding hydrogens is 272 g/mol. The van der Waals surface area contributed by atoms with Crippen LogP contribution in [0.4, 0.5) is 0 Å². The second kappa shape index (κ2) is 7.41. The topological polar surface area (TPSA) is 56.7 Å². The molecule has 0 fully saturated rings. The highest BCUT2D eigenvalue weighted by molar-refractivity contribution is 6.30. The first-order valence-corrected chi connectivity index (χ1v) is 7.42. The van der Waals surface area contributed by atoms with Crippen LogP contribution in [0.2, 0.25) is 5.02 Å². The first-order chi connectivity index (χ1) is 9.72. The molecule has 1 atom stereocenters. The fourth-order valence-electron chi connectivity index (χ4n) is 2.34. The molecule has 5 heteroatoms. The Kier molecular flexibility index (Phi) is 5.56. The van der Waals surface area contributed by atoms with Gasteiger partial charge >= 0.3 is 0 Å². The van der Waals surface area contributed by atoms with Crippen molar-refractivity contribution in [2.24, 2.45) is 11.7 Å². The minimum atomic E-state index is 0.355. The van der Waals surface area contributed by atoms with Crippen LogP contribution in [-0.2, 0) is 19.4 Å². The van der Waals surface area contributed by atoms with Crippen molar-refractivity contribution in [1.82, 2.24) is 14.8 Å². The van der Waals surface area contributed by atoms with Crippen LogP contribution in [0.1, 0.15) is 24.7 Å². The molecule has 2 rings (SSSR count). The second-order valence-electron chi connectivity index (χ2n) is 5.04. The van der Waals surface area contributed by atoms with E-state index in [1.54, 1.807) is 6.33 Å². The summed E-state index contributed by atoms with van der Waals surface area (Å²) in [5, 5.41) is 5.03. The number of hydrogen-bond acceptors (Lipinski definition) is 3. The molecule has 0 bridgehead atoms. The molecule has 0 saturated carbocycles. The molecule has 1 unspecified atom stereocenters. The first kappa shape index (κ1) is 15.0. The van der Waals surface area contributed by atoms with Crippen LogP contribution in [0.3, 0.4) is 0 Å². The van der Waals surface area contributed by atoms with Crippen molar-refractivity contribution in [3.63, 3.8) is 0 Å². The highest BCUT2D eigenvalue weighted by Gasteiger charge is 2.13. The van der Waals surface area contributed by atoms with Crippen LogP contribution < -0.4 is 5.73 Å². The molecule has 4 nitrogen and oxygen atoms in total. The predicted octanol–water partition coefficient (Wildman–Crippen LogP) is 2.70. The van der Waals surface area contributed by atoms with Crippen molar-refractivity contribution in [3.05, 3.63) is 47.0 Å². The van der Waals surface area contributed by atoms with E-state index in [4.69, 9.17) is 17.3 Å². The van der Waals surface area contributed by atoms with Crippen LogP contribution in [0, 0.1) is 5.92 Å². The minimum Gasteiger partial charge on any atom is -0.330 e. The van der Waals surface area contributed by atoms with Gasteiger partial charge in [0, 0.05) is 18.0 Å². The summed E-state index contributed by atoms with van der Waals surface area (Å²) < 4.78 is 1.97. The number of aryl methyl sites for hydroxylation is 1. The number of aromatic nitrogens is 3. The van der Waals surface area contributed by atoms with E-state index in [1.807, 2.05) is 22.9 Å². The summed E-state index contributed by atoms with van der Waals surface area (Å²) in [6.45, 7) is 3.67. The van der Waals surface area contributed by atoms with Gasteiger partial charge in [-0.25, -0.2) is 4.98 Å². The molecule has 0 aliphatic carbocycles. The van der Waals surface area contributed by atoms with Crippen LogP contribution >= 0.6 is 11.6 Å². The second-order valence-corrected chi connectivity index (χ2v) is 5.48. The number of hydrogen-bond donors (Lipinski definition) is 1. The lowest BCUT2D eigenvalue weighted by Crippen LogP contribution is -2.21. The van der Waals surface area contributed by atoms with Crippen molar-refractivity contribution in [2.45, 2.75) is 32.7 Å². The lowest BCUT2D eigenvalue weighted by molar-refractivity contribution is 0.483. The monoisotopic (exact) mass is 292 g/mol. The maximum Gasteiger partial charge on any atom is 0.138 e. The van der Waals surface area contributed by atoms with Crippen LogP contribution in [-0.4, -0.2) is 21.3 Å². The van der Waals surface area contributed by atoms with Gasteiger partial charge in [0.1, 0.15) is 12.2 Å². The third-order valence-corrected chi connectivity index (χ3v) is 3.58. The van der Waals surface area contributed by atoms with Gasteiger partial charge in [0.15, 0.2) is 0 Å². The largest absolute Gasteiger partial charge is 0.330 e. The third-order valence-electron chi connectivity index (χ3n) is 3.35. The smallest absolute Gasteiger partial charge is 0.138 e. The van der Waals surface area contributed by atoms with Gasteiger partial charge < -0.3 is 5.73 Å². The Morgan fingerprint density at radius 2 is 2.20 bits per heavy atom. The number of halogens is 1. The van der Waals surface area contributed by atoms with E-state index in [1.165, 1.54) is 5.56 Å². The molecule has 108 valence electrons. The average Bonchev–Trinajstić information content (AvgIpc) is 2.86. The van der Waals surface area contributed by atoms with E-state index in [0.29, 0.717) is 12.5 Å². The maximum atomic E-state index is 6.02. The molecular formula is C15H21ClN4. The molecule has 1 aromatic heterocycles. The number of benzene rings is 1. The molecule has 20 heavy (non-hydrogen) atoms. The minimum absolute atomic E-state index is 0.355. The fraction of sp³-hybridized carbons (Fsp3) is 0.467. The Balaban J connectivity index is 2.03. The number of rotatable bonds is 7. The van der Waals surface area contributed by atoms with Crippen molar-refractivity contribution in [3.8, 4) is 0 Å². The summed E-state index contributed by atoms with van der Waals surface area (Å²) in [5.41, 5.74) is 7.13. The number of nitrogens with two attached hydrogens (primary N) is 1. The van der Waals surface area contributed by atoms with Gasteiger partial charge in [-0.15, -0.1) is 0 Å². The van der Waals surface area contributed by atoms with Gasteiger partial charge in [-0.2, -0.15) is 5.10 Å². The molecule has 0 saturated heterocycles. The summed E-state index contributed by atoms with van der Waals surface area (Å²) >= 11 is 6.02. The van der Waals surface area contributed by atoms with Crippen LogP contribution in [0.15, 0.2) is 30.6 Å². The summed E-state index contributed by atoms with van der Waals surface area (Å²) in [4.78, 5) is 4.35. The highest BCUT2D eigenvalue weighted by Crippen LogP contribution is 2.16. The molecule has 0 radical (unpaired) electrons. The zero-order valence-electron chi connectivity index (χ0n) is 11.8. The van der Waals surface area contributed by atoms with Gasteiger partial charge in [0.05, 0.1) is 0 Å². The zero-order valence-corrected chi connectivity index (χ0v) is 12.6. The maximum absolute atomic E-state index is 6.02. The van der Waals surface area contributed by atoms with E-state index in [0.717, 1.165) is 36.7 Å². The summed E-state index contributed by atoms with van der Waals surface area (Å²) in [7, 11) is 0. The lowest BCUT2D eigenvalue weighted by Gasteiger charge is -2.15. The molecule has 2 N–H and O–H groups in total. The van der Waals surface area contributed by atoms with Crippen molar-refractivity contribution in [2.75, 3.05) is 6.54 Å². The Morgan fingerprint density at radius 3 is 2.90 bits per heavy atom. The predicted molar refractivity (Wildman–Crippen MR) is 81.7 cm³/mol. The zero-order chi connectivity index (χ0) is 14.4. The Hall–Kier alpha value is -1.39. The van der Waals surface area contributed by atoms with Crippen molar-refractivity contribution >= 4 is 11.6 Å². The van der Waals surface area contributed by atoms with Crippen molar-refractivity contribution < 1.29 is 0 Å². The molecule has 0 aliphatic heterocycles. The van der Waals surface area contributed by atoms with Crippen LogP contribution in [0.25, 0.3) is 0 Å². The van der Waals surface area contributed by atoms with Gasteiger partial charge in [-0.3, -0.25) is 4.68 Å². The Bertz CT molecular complexity index is 538.